The van der Waals surface area contributed by atoms with Gasteiger partial charge in [-0.15, -0.1) is 0 Å². The molecule has 1 heterocycles. The summed E-state index contributed by atoms with van der Waals surface area (Å²) in [5.41, 5.74) is -0.187. The molecule has 0 fully saturated rings. The van der Waals surface area contributed by atoms with Crippen LogP contribution in [-0.4, -0.2) is 34.3 Å². The molecule has 0 saturated heterocycles. The van der Waals surface area contributed by atoms with Gasteiger partial charge in [-0.1, -0.05) is 13.8 Å². The molecular weight excluding hydrogens is 238 g/mol. The molecular formula is C15H29N3O. The number of aromatic nitrogens is 2. The van der Waals surface area contributed by atoms with E-state index in [1.807, 2.05) is 13.1 Å². The summed E-state index contributed by atoms with van der Waals surface area (Å²) in [6.45, 7) is 13.4. The highest BCUT2D eigenvalue weighted by atomic mass is 16.5. The maximum atomic E-state index is 5.89. The molecule has 1 aromatic rings. The first-order chi connectivity index (χ1) is 9.05. The molecule has 19 heavy (non-hydrogen) atoms. The Labute approximate surface area is 117 Å². The lowest BCUT2D eigenvalue weighted by atomic mass is 9.95. The topological polar surface area (TPSA) is 39.1 Å². The number of aryl methyl sites for hydroxylation is 1. The third-order valence-corrected chi connectivity index (χ3v) is 3.46. The Morgan fingerprint density at radius 3 is 2.68 bits per heavy atom. The summed E-state index contributed by atoms with van der Waals surface area (Å²) in [7, 11) is 0. The zero-order valence-electron chi connectivity index (χ0n) is 13.1. The summed E-state index contributed by atoms with van der Waals surface area (Å²) in [6.07, 6.45) is 5.98. The van der Waals surface area contributed by atoms with E-state index in [-0.39, 0.29) is 11.6 Å². The highest BCUT2D eigenvalue weighted by molar-refractivity contribution is 5.00. The number of likely N-dealkylation sites (N-methyl/N-ethyl adjacent to an activating group) is 1. The monoisotopic (exact) mass is 267 g/mol. The zero-order valence-corrected chi connectivity index (χ0v) is 13.1. The smallest absolute Gasteiger partial charge is 0.110 e. The molecule has 0 saturated carbocycles. The van der Waals surface area contributed by atoms with E-state index < -0.39 is 0 Å². The van der Waals surface area contributed by atoms with Gasteiger partial charge in [0.15, 0.2) is 0 Å². The second-order valence-corrected chi connectivity index (χ2v) is 5.39. The maximum absolute atomic E-state index is 5.89. The van der Waals surface area contributed by atoms with Crippen molar-refractivity contribution in [3.05, 3.63) is 18.2 Å². The minimum absolute atomic E-state index is 0.187. The predicted octanol–water partition coefficient (Wildman–Crippen LogP) is 2.63. The normalized spacial score (nSPS) is 13.7. The molecule has 1 rings (SSSR count). The van der Waals surface area contributed by atoms with Gasteiger partial charge in [-0.05, 0) is 33.7 Å². The summed E-state index contributed by atoms with van der Waals surface area (Å²) < 4.78 is 8.14. The summed E-state index contributed by atoms with van der Waals surface area (Å²) in [6, 6.07) is 0.274. The SMILES string of the molecule is CCCn1ccnc1CC(NCC)C(C)(C)OCC. The van der Waals surface area contributed by atoms with Crippen molar-refractivity contribution in [3.63, 3.8) is 0 Å². The molecule has 4 heteroatoms. The van der Waals surface area contributed by atoms with Crippen LogP contribution in [0.4, 0.5) is 0 Å². The van der Waals surface area contributed by atoms with Crippen molar-refractivity contribution in [2.24, 2.45) is 0 Å². The molecule has 0 spiro atoms. The summed E-state index contributed by atoms with van der Waals surface area (Å²) in [4.78, 5) is 4.50. The molecule has 1 atom stereocenters. The molecule has 110 valence electrons. The third kappa shape index (κ3) is 4.62. The van der Waals surface area contributed by atoms with Crippen LogP contribution < -0.4 is 5.32 Å². The Kier molecular flexibility index (Phi) is 6.52. The van der Waals surface area contributed by atoms with Crippen LogP contribution in [0, 0.1) is 0 Å². The van der Waals surface area contributed by atoms with Crippen molar-refractivity contribution < 1.29 is 4.74 Å². The van der Waals surface area contributed by atoms with E-state index in [1.165, 1.54) is 0 Å². The molecule has 0 aliphatic carbocycles. The third-order valence-electron chi connectivity index (χ3n) is 3.46. The second-order valence-electron chi connectivity index (χ2n) is 5.39. The lowest BCUT2D eigenvalue weighted by Crippen LogP contribution is -2.50. The van der Waals surface area contributed by atoms with E-state index in [4.69, 9.17) is 4.74 Å². The average Bonchev–Trinajstić information content (AvgIpc) is 2.76. The largest absolute Gasteiger partial charge is 0.374 e. The van der Waals surface area contributed by atoms with E-state index >= 15 is 0 Å². The predicted molar refractivity (Wildman–Crippen MR) is 79.4 cm³/mol. The van der Waals surface area contributed by atoms with Crippen LogP contribution in [0.25, 0.3) is 0 Å². The maximum Gasteiger partial charge on any atom is 0.110 e. The average molecular weight is 267 g/mol. The number of imidazole rings is 1. The van der Waals surface area contributed by atoms with Crippen LogP contribution in [0.3, 0.4) is 0 Å². The van der Waals surface area contributed by atoms with Gasteiger partial charge < -0.3 is 14.6 Å². The van der Waals surface area contributed by atoms with E-state index in [2.05, 4.69) is 48.8 Å². The van der Waals surface area contributed by atoms with Gasteiger partial charge in [0, 0.05) is 38.0 Å². The number of rotatable bonds is 9. The number of nitrogens with one attached hydrogen (secondary N) is 1. The van der Waals surface area contributed by atoms with E-state index in [1.54, 1.807) is 0 Å². The molecule has 0 aromatic carbocycles. The quantitative estimate of drug-likeness (QED) is 0.747. The van der Waals surface area contributed by atoms with Crippen LogP contribution >= 0.6 is 0 Å². The Hall–Kier alpha value is -0.870. The minimum atomic E-state index is -0.187. The van der Waals surface area contributed by atoms with Crippen LogP contribution in [0.15, 0.2) is 12.4 Å². The molecule has 0 aliphatic heterocycles. The first-order valence-corrected chi connectivity index (χ1v) is 7.42. The molecule has 0 aliphatic rings. The van der Waals surface area contributed by atoms with Crippen molar-refractivity contribution in [1.82, 2.24) is 14.9 Å². The molecule has 0 amide bonds. The zero-order chi connectivity index (χ0) is 14.3. The lowest BCUT2D eigenvalue weighted by molar-refractivity contribution is -0.0382. The van der Waals surface area contributed by atoms with E-state index in [9.17, 15) is 0 Å². The van der Waals surface area contributed by atoms with Crippen molar-refractivity contribution >= 4 is 0 Å². The first-order valence-electron chi connectivity index (χ1n) is 7.42. The molecule has 4 nitrogen and oxygen atoms in total. The molecule has 1 unspecified atom stereocenters. The fourth-order valence-corrected chi connectivity index (χ4v) is 2.44. The van der Waals surface area contributed by atoms with Crippen LogP contribution in [0.2, 0.25) is 0 Å². The lowest BCUT2D eigenvalue weighted by Gasteiger charge is -2.34. The van der Waals surface area contributed by atoms with Crippen LogP contribution in [0.1, 0.15) is 46.9 Å². The summed E-state index contributed by atoms with van der Waals surface area (Å²) in [5.74, 6) is 1.14. The number of hydrogen-bond donors (Lipinski definition) is 1. The Morgan fingerprint density at radius 2 is 2.11 bits per heavy atom. The van der Waals surface area contributed by atoms with Crippen LogP contribution in [-0.2, 0) is 17.7 Å². The van der Waals surface area contributed by atoms with Gasteiger partial charge in [0.1, 0.15) is 5.82 Å². The number of nitrogens with zero attached hydrogens (tertiary/aromatic N) is 2. The molecule has 0 bridgehead atoms. The number of hydrogen-bond acceptors (Lipinski definition) is 3. The summed E-state index contributed by atoms with van der Waals surface area (Å²) >= 11 is 0. The fourth-order valence-electron chi connectivity index (χ4n) is 2.44. The highest BCUT2D eigenvalue weighted by Crippen LogP contribution is 2.18. The van der Waals surface area contributed by atoms with Gasteiger partial charge in [0.05, 0.1) is 5.60 Å². The van der Waals surface area contributed by atoms with Crippen molar-refractivity contribution in [2.75, 3.05) is 13.2 Å². The van der Waals surface area contributed by atoms with Crippen molar-refractivity contribution in [1.29, 1.82) is 0 Å². The van der Waals surface area contributed by atoms with Gasteiger partial charge in [-0.3, -0.25) is 0 Å². The Bertz CT molecular complexity index is 360. The van der Waals surface area contributed by atoms with Gasteiger partial charge in [-0.2, -0.15) is 0 Å². The Morgan fingerprint density at radius 1 is 1.37 bits per heavy atom. The van der Waals surface area contributed by atoms with Gasteiger partial charge in [0.2, 0.25) is 0 Å². The van der Waals surface area contributed by atoms with E-state index in [0.29, 0.717) is 0 Å². The molecule has 1 N–H and O–H groups in total. The summed E-state index contributed by atoms with van der Waals surface area (Å²) in [5, 5.41) is 3.54. The Balaban J connectivity index is 2.80. The van der Waals surface area contributed by atoms with Crippen LogP contribution in [0.5, 0.6) is 0 Å². The minimum Gasteiger partial charge on any atom is -0.374 e. The van der Waals surface area contributed by atoms with Gasteiger partial charge >= 0.3 is 0 Å². The molecule has 1 aromatic heterocycles. The van der Waals surface area contributed by atoms with Gasteiger partial charge in [-0.25, -0.2) is 4.98 Å². The molecule has 0 radical (unpaired) electrons. The highest BCUT2D eigenvalue weighted by Gasteiger charge is 2.30. The van der Waals surface area contributed by atoms with Gasteiger partial charge in [0.25, 0.3) is 0 Å². The van der Waals surface area contributed by atoms with Crippen molar-refractivity contribution in [3.8, 4) is 0 Å². The standard InChI is InChI=1S/C15H29N3O/c1-6-10-18-11-9-17-14(18)12-13(16-7-2)15(4,5)19-8-3/h9,11,13,16H,6-8,10,12H2,1-5H3. The van der Waals surface area contributed by atoms with Crippen molar-refractivity contribution in [2.45, 2.75) is 65.6 Å². The number of ether oxygens (including phenoxy) is 1. The second kappa shape index (κ2) is 7.65. The fraction of sp³-hybridized carbons (Fsp3) is 0.800. The van der Waals surface area contributed by atoms with E-state index in [0.717, 1.165) is 38.4 Å². The first kappa shape index (κ1) is 16.2.